The van der Waals surface area contributed by atoms with Crippen LogP contribution in [0.4, 0.5) is 4.39 Å². The number of amides is 1. The molecule has 3 nitrogen and oxygen atoms in total. The van der Waals surface area contributed by atoms with Gasteiger partial charge in [0.05, 0.1) is 0 Å². The summed E-state index contributed by atoms with van der Waals surface area (Å²) in [5.41, 5.74) is 0.834. The molecule has 20 heavy (non-hydrogen) atoms. The van der Waals surface area contributed by atoms with Crippen LogP contribution in [0.25, 0.3) is 6.08 Å². The van der Waals surface area contributed by atoms with Crippen molar-refractivity contribution in [1.82, 2.24) is 10.2 Å². The Balaban J connectivity index is 2.01. The van der Waals surface area contributed by atoms with Gasteiger partial charge in [0.25, 0.3) is 0 Å². The highest BCUT2D eigenvalue weighted by molar-refractivity contribution is 5.92. The van der Waals surface area contributed by atoms with E-state index in [4.69, 9.17) is 0 Å². The summed E-state index contributed by atoms with van der Waals surface area (Å²) in [6.45, 7) is 4.70. The number of carbonyl (C=O) groups excluding carboxylic acids is 1. The van der Waals surface area contributed by atoms with Crippen LogP contribution in [0.15, 0.2) is 30.3 Å². The summed E-state index contributed by atoms with van der Waals surface area (Å²) < 4.78 is 12.8. The molecule has 1 aromatic carbocycles. The van der Waals surface area contributed by atoms with Crippen LogP contribution in [0.2, 0.25) is 0 Å². The number of nitrogens with one attached hydrogen (secondary N) is 1. The van der Waals surface area contributed by atoms with Crippen LogP contribution in [0.3, 0.4) is 0 Å². The van der Waals surface area contributed by atoms with E-state index < -0.39 is 0 Å². The second-order valence-corrected chi connectivity index (χ2v) is 5.06. The lowest BCUT2D eigenvalue weighted by molar-refractivity contribution is -0.127. The second-order valence-electron chi connectivity index (χ2n) is 5.06. The molecule has 1 atom stereocenters. The topological polar surface area (TPSA) is 32.3 Å². The van der Waals surface area contributed by atoms with Gasteiger partial charge in [-0.25, -0.2) is 4.39 Å². The lowest BCUT2D eigenvalue weighted by Crippen LogP contribution is -2.41. The Morgan fingerprint density at radius 3 is 2.80 bits per heavy atom. The maximum atomic E-state index is 12.8. The first-order valence-corrected chi connectivity index (χ1v) is 7.15. The Bertz CT molecular complexity index is 464. The molecule has 1 saturated heterocycles. The zero-order chi connectivity index (χ0) is 14.4. The minimum absolute atomic E-state index is 0.0323. The van der Waals surface area contributed by atoms with E-state index in [1.165, 1.54) is 12.1 Å². The molecule has 2 rings (SSSR count). The smallest absolute Gasteiger partial charge is 0.246 e. The van der Waals surface area contributed by atoms with E-state index in [0.29, 0.717) is 6.04 Å². The summed E-state index contributed by atoms with van der Waals surface area (Å²) in [5.74, 6) is -0.233. The van der Waals surface area contributed by atoms with Crippen molar-refractivity contribution in [3.63, 3.8) is 0 Å². The van der Waals surface area contributed by atoms with Gasteiger partial charge in [-0.1, -0.05) is 19.1 Å². The van der Waals surface area contributed by atoms with Gasteiger partial charge in [0.15, 0.2) is 0 Å². The Labute approximate surface area is 119 Å². The van der Waals surface area contributed by atoms with E-state index in [9.17, 15) is 9.18 Å². The van der Waals surface area contributed by atoms with Crippen molar-refractivity contribution in [3.8, 4) is 0 Å². The summed E-state index contributed by atoms with van der Waals surface area (Å²) in [6, 6.07) is 6.42. The SMILES string of the molecule is CCCN(C(=O)/C=C/c1ccc(F)cc1)C1CCNC1. The number of carbonyl (C=O) groups is 1. The summed E-state index contributed by atoms with van der Waals surface area (Å²) in [5, 5.41) is 3.29. The predicted molar refractivity (Wildman–Crippen MR) is 78.7 cm³/mol. The quantitative estimate of drug-likeness (QED) is 0.838. The highest BCUT2D eigenvalue weighted by Crippen LogP contribution is 2.11. The number of halogens is 1. The minimum Gasteiger partial charge on any atom is -0.335 e. The second kappa shape index (κ2) is 7.20. The number of nitrogens with zero attached hydrogens (tertiary/aromatic N) is 1. The number of hydrogen-bond donors (Lipinski definition) is 1. The summed E-state index contributed by atoms with van der Waals surface area (Å²) >= 11 is 0. The molecule has 108 valence electrons. The molecule has 1 amide bonds. The minimum atomic E-state index is -0.266. The van der Waals surface area contributed by atoms with Crippen LogP contribution in [0, 0.1) is 5.82 Å². The fourth-order valence-electron chi connectivity index (χ4n) is 2.46. The van der Waals surface area contributed by atoms with Crippen LogP contribution in [0.1, 0.15) is 25.3 Å². The van der Waals surface area contributed by atoms with Crippen LogP contribution in [-0.2, 0) is 4.79 Å². The van der Waals surface area contributed by atoms with Crippen molar-refractivity contribution >= 4 is 12.0 Å². The van der Waals surface area contributed by atoms with E-state index >= 15 is 0 Å². The van der Waals surface area contributed by atoms with E-state index in [0.717, 1.165) is 38.0 Å². The Morgan fingerprint density at radius 1 is 1.45 bits per heavy atom. The maximum Gasteiger partial charge on any atom is 0.246 e. The molecule has 0 spiro atoms. The molecule has 4 heteroatoms. The standard InChI is InChI=1S/C16H21FN2O/c1-2-11-19(15-9-10-18-12-15)16(20)8-5-13-3-6-14(17)7-4-13/h3-8,15,18H,2,9-12H2,1H3/b8-5+. The molecule has 1 fully saturated rings. The highest BCUT2D eigenvalue weighted by Gasteiger charge is 2.24. The van der Waals surface area contributed by atoms with Gasteiger partial charge in [0, 0.05) is 25.2 Å². The van der Waals surface area contributed by atoms with E-state index in [1.54, 1.807) is 24.3 Å². The van der Waals surface area contributed by atoms with E-state index in [2.05, 4.69) is 12.2 Å². The van der Waals surface area contributed by atoms with Gasteiger partial charge < -0.3 is 10.2 Å². The van der Waals surface area contributed by atoms with Crippen molar-refractivity contribution in [2.75, 3.05) is 19.6 Å². The average molecular weight is 276 g/mol. The first-order valence-electron chi connectivity index (χ1n) is 7.15. The normalized spacial score (nSPS) is 18.6. The molecule has 1 aliphatic rings. The first-order chi connectivity index (χ1) is 9.70. The predicted octanol–water partition coefficient (Wildman–Crippen LogP) is 2.44. The molecule has 0 aliphatic carbocycles. The van der Waals surface area contributed by atoms with Crippen molar-refractivity contribution in [1.29, 1.82) is 0 Å². The van der Waals surface area contributed by atoms with Gasteiger partial charge in [0.2, 0.25) is 5.91 Å². The van der Waals surface area contributed by atoms with Gasteiger partial charge >= 0.3 is 0 Å². The van der Waals surface area contributed by atoms with Crippen molar-refractivity contribution in [2.24, 2.45) is 0 Å². The molecule has 0 aromatic heterocycles. The summed E-state index contributed by atoms with van der Waals surface area (Å²) in [7, 11) is 0. The van der Waals surface area contributed by atoms with Crippen molar-refractivity contribution in [2.45, 2.75) is 25.8 Å². The van der Waals surface area contributed by atoms with Crippen molar-refractivity contribution < 1.29 is 9.18 Å². The third-order valence-electron chi connectivity index (χ3n) is 3.51. The van der Waals surface area contributed by atoms with Gasteiger partial charge in [-0.15, -0.1) is 0 Å². The molecule has 1 aliphatic heterocycles. The molecule has 1 unspecified atom stereocenters. The molecule has 0 bridgehead atoms. The summed E-state index contributed by atoms with van der Waals surface area (Å²) in [6.07, 6.45) is 5.29. The molecule has 1 aromatic rings. The van der Waals surface area contributed by atoms with Gasteiger partial charge in [-0.3, -0.25) is 4.79 Å². The lowest BCUT2D eigenvalue weighted by atomic mass is 10.1. The van der Waals surface area contributed by atoms with Crippen molar-refractivity contribution in [3.05, 3.63) is 41.7 Å². The average Bonchev–Trinajstić information content (AvgIpc) is 2.97. The third kappa shape index (κ3) is 3.90. The fourth-order valence-corrected chi connectivity index (χ4v) is 2.46. The molecular weight excluding hydrogens is 255 g/mol. The molecule has 1 N–H and O–H groups in total. The van der Waals surface area contributed by atoms with Crippen LogP contribution < -0.4 is 5.32 Å². The van der Waals surface area contributed by atoms with Crippen LogP contribution in [0.5, 0.6) is 0 Å². The Morgan fingerprint density at radius 2 is 2.20 bits per heavy atom. The van der Waals surface area contributed by atoms with Gasteiger partial charge in [-0.05, 0) is 43.2 Å². The van der Waals surface area contributed by atoms with Crippen LogP contribution >= 0.6 is 0 Å². The van der Waals surface area contributed by atoms with Gasteiger partial charge in [-0.2, -0.15) is 0 Å². The highest BCUT2D eigenvalue weighted by atomic mass is 19.1. The molecule has 1 heterocycles. The largest absolute Gasteiger partial charge is 0.335 e. The zero-order valence-electron chi connectivity index (χ0n) is 11.8. The number of benzene rings is 1. The molecule has 0 saturated carbocycles. The monoisotopic (exact) mass is 276 g/mol. The lowest BCUT2D eigenvalue weighted by Gasteiger charge is -2.27. The fraction of sp³-hybridized carbons (Fsp3) is 0.438. The summed E-state index contributed by atoms with van der Waals surface area (Å²) in [4.78, 5) is 14.2. The van der Waals surface area contributed by atoms with E-state index in [1.807, 2.05) is 4.90 Å². The number of hydrogen-bond acceptors (Lipinski definition) is 2. The third-order valence-corrected chi connectivity index (χ3v) is 3.51. The molecule has 0 radical (unpaired) electrons. The Kier molecular flexibility index (Phi) is 5.30. The Hall–Kier alpha value is -1.68. The zero-order valence-corrected chi connectivity index (χ0v) is 11.8. The van der Waals surface area contributed by atoms with Gasteiger partial charge in [0.1, 0.15) is 5.82 Å². The first kappa shape index (κ1) is 14.7. The van der Waals surface area contributed by atoms with Crippen LogP contribution in [-0.4, -0.2) is 36.5 Å². The maximum absolute atomic E-state index is 12.8. The number of rotatable bonds is 5. The molecular formula is C16H21FN2O. The van der Waals surface area contributed by atoms with E-state index in [-0.39, 0.29) is 11.7 Å².